The molecule has 0 saturated heterocycles. The number of hydrogen-bond acceptors (Lipinski definition) is 4. The maximum absolute atomic E-state index is 12.2. The molecule has 0 unspecified atom stereocenters. The predicted molar refractivity (Wildman–Crippen MR) is 97.2 cm³/mol. The fourth-order valence-corrected chi connectivity index (χ4v) is 2.43. The van der Waals surface area contributed by atoms with Crippen molar-refractivity contribution in [2.24, 2.45) is 0 Å². The summed E-state index contributed by atoms with van der Waals surface area (Å²) in [6, 6.07) is 10.3. The summed E-state index contributed by atoms with van der Waals surface area (Å²) >= 11 is 0. The first-order valence-corrected chi connectivity index (χ1v) is 8.06. The van der Waals surface area contributed by atoms with Gasteiger partial charge in [0.05, 0.1) is 10.6 Å². The molecule has 0 radical (unpaired) electrons. The Balaban J connectivity index is 2.08. The van der Waals surface area contributed by atoms with Gasteiger partial charge in [-0.1, -0.05) is 32.0 Å². The van der Waals surface area contributed by atoms with Crippen molar-refractivity contribution in [1.29, 1.82) is 0 Å². The standard InChI is InChI=1S/C19H22N2O4/c1-12(2)16-8-5-13(3)9-18(16)25-11-19(22)20-17-10-15(21(23)24)7-6-14(17)4/h5-10,12H,11H2,1-4H3,(H,20,22). The summed E-state index contributed by atoms with van der Waals surface area (Å²) in [5, 5.41) is 13.5. The second-order valence-corrected chi connectivity index (χ2v) is 6.29. The molecule has 25 heavy (non-hydrogen) atoms. The fourth-order valence-electron chi connectivity index (χ4n) is 2.43. The second-order valence-electron chi connectivity index (χ2n) is 6.29. The van der Waals surface area contributed by atoms with Crippen LogP contribution in [0.1, 0.15) is 36.5 Å². The molecule has 0 aliphatic rings. The molecular formula is C19H22N2O4. The lowest BCUT2D eigenvalue weighted by atomic mass is 10.0. The molecule has 1 N–H and O–H groups in total. The van der Waals surface area contributed by atoms with Gasteiger partial charge >= 0.3 is 0 Å². The highest BCUT2D eigenvalue weighted by atomic mass is 16.6. The van der Waals surface area contributed by atoms with Crippen molar-refractivity contribution in [2.75, 3.05) is 11.9 Å². The summed E-state index contributed by atoms with van der Waals surface area (Å²) in [4.78, 5) is 22.5. The summed E-state index contributed by atoms with van der Waals surface area (Å²) in [5.41, 5.74) is 3.18. The van der Waals surface area contributed by atoms with Crippen molar-refractivity contribution in [3.8, 4) is 5.75 Å². The molecule has 0 saturated carbocycles. The van der Waals surface area contributed by atoms with E-state index in [1.54, 1.807) is 13.0 Å². The lowest BCUT2D eigenvalue weighted by Gasteiger charge is -2.15. The molecule has 0 heterocycles. The minimum absolute atomic E-state index is 0.0670. The number of aryl methyl sites for hydroxylation is 2. The van der Waals surface area contributed by atoms with E-state index < -0.39 is 4.92 Å². The SMILES string of the molecule is Cc1ccc(C(C)C)c(OCC(=O)Nc2cc([N+](=O)[O-])ccc2C)c1. The van der Waals surface area contributed by atoms with E-state index in [1.807, 2.05) is 25.1 Å². The van der Waals surface area contributed by atoms with Crippen molar-refractivity contribution in [3.05, 3.63) is 63.2 Å². The number of nitrogens with one attached hydrogen (secondary N) is 1. The largest absolute Gasteiger partial charge is 0.483 e. The van der Waals surface area contributed by atoms with Gasteiger partial charge in [0, 0.05) is 12.1 Å². The van der Waals surface area contributed by atoms with Crippen LogP contribution in [0.4, 0.5) is 11.4 Å². The summed E-state index contributed by atoms with van der Waals surface area (Å²) in [5.74, 6) is 0.596. The molecule has 0 aliphatic heterocycles. The number of hydrogen-bond donors (Lipinski definition) is 1. The average Bonchev–Trinajstić information content (AvgIpc) is 2.54. The number of nitro benzene ring substituents is 1. The zero-order chi connectivity index (χ0) is 18.6. The van der Waals surface area contributed by atoms with Crippen LogP contribution < -0.4 is 10.1 Å². The van der Waals surface area contributed by atoms with E-state index >= 15 is 0 Å². The van der Waals surface area contributed by atoms with E-state index in [9.17, 15) is 14.9 Å². The Bertz CT molecular complexity index is 800. The van der Waals surface area contributed by atoms with Gasteiger partial charge in [-0.15, -0.1) is 0 Å². The molecule has 0 fully saturated rings. The van der Waals surface area contributed by atoms with Crippen molar-refractivity contribution in [2.45, 2.75) is 33.6 Å². The van der Waals surface area contributed by atoms with Crippen LogP contribution in [0.25, 0.3) is 0 Å². The molecule has 6 heteroatoms. The Kier molecular flexibility index (Phi) is 5.75. The van der Waals surface area contributed by atoms with Gasteiger partial charge in [0.15, 0.2) is 6.61 Å². The zero-order valence-corrected chi connectivity index (χ0v) is 14.8. The quantitative estimate of drug-likeness (QED) is 0.625. The Hall–Kier alpha value is -2.89. The van der Waals surface area contributed by atoms with Crippen LogP contribution in [0.3, 0.4) is 0 Å². The van der Waals surface area contributed by atoms with Gasteiger partial charge in [-0.3, -0.25) is 14.9 Å². The van der Waals surface area contributed by atoms with Crippen molar-refractivity contribution in [1.82, 2.24) is 0 Å². The molecule has 1 amide bonds. The van der Waals surface area contributed by atoms with E-state index in [2.05, 4.69) is 19.2 Å². The van der Waals surface area contributed by atoms with Crippen molar-refractivity contribution < 1.29 is 14.5 Å². The number of nitro groups is 1. The van der Waals surface area contributed by atoms with Crippen LogP contribution in [0, 0.1) is 24.0 Å². The third-order valence-corrected chi connectivity index (χ3v) is 3.86. The second kappa shape index (κ2) is 7.79. The third kappa shape index (κ3) is 4.79. The maximum atomic E-state index is 12.2. The molecule has 132 valence electrons. The maximum Gasteiger partial charge on any atom is 0.271 e. The summed E-state index contributed by atoms with van der Waals surface area (Å²) in [6.45, 7) is 7.69. The van der Waals surface area contributed by atoms with Crippen molar-refractivity contribution >= 4 is 17.3 Å². The predicted octanol–water partition coefficient (Wildman–Crippen LogP) is 4.35. The Morgan fingerprint density at radius 2 is 1.92 bits per heavy atom. The molecule has 0 atom stereocenters. The van der Waals surface area contributed by atoms with E-state index in [4.69, 9.17) is 4.74 Å². The average molecular weight is 342 g/mol. The number of carbonyl (C=O) groups excluding carboxylic acids is 1. The minimum Gasteiger partial charge on any atom is -0.483 e. The van der Waals surface area contributed by atoms with E-state index in [0.717, 1.165) is 16.7 Å². The topological polar surface area (TPSA) is 81.5 Å². The van der Waals surface area contributed by atoms with Crippen LogP contribution in [0.15, 0.2) is 36.4 Å². The van der Waals surface area contributed by atoms with Gasteiger partial charge in [-0.05, 0) is 42.5 Å². The smallest absolute Gasteiger partial charge is 0.271 e. The number of anilines is 1. The van der Waals surface area contributed by atoms with Gasteiger partial charge in [0.1, 0.15) is 5.75 Å². The molecule has 0 spiro atoms. The van der Waals surface area contributed by atoms with Gasteiger partial charge < -0.3 is 10.1 Å². The number of rotatable bonds is 6. The molecule has 6 nitrogen and oxygen atoms in total. The molecule has 2 aromatic carbocycles. The van der Waals surface area contributed by atoms with Crippen LogP contribution >= 0.6 is 0 Å². The van der Waals surface area contributed by atoms with Gasteiger partial charge in [0.25, 0.3) is 11.6 Å². The van der Waals surface area contributed by atoms with Crippen LogP contribution in [0.5, 0.6) is 5.75 Å². The molecule has 2 aromatic rings. The molecular weight excluding hydrogens is 320 g/mol. The summed E-state index contributed by atoms with van der Waals surface area (Å²) in [6.07, 6.45) is 0. The first kappa shape index (κ1) is 18.4. The molecule has 2 rings (SSSR count). The third-order valence-electron chi connectivity index (χ3n) is 3.86. The Morgan fingerprint density at radius 1 is 1.20 bits per heavy atom. The number of ether oxygens (including phenoxy) is 1. The van der Waals surface area contributed by atoms with E-state index in [1.165, 1.54) is 12.1 Å². The lowest BCUT2D eigenvalue weighted by molar-refractivity contribution is -0.384. The number of nitrogens with zero attached hydrogens (tertiary/aromatic N) is 1. The monoisotopic (exact) mass is 342 g/mol. The summed E-state index contributed by atoms with van der Waals surface area (Å²) < 4.78 is 5.68. The van der Waals surface area contributed by atoms with E-state index in [0.29, 0.717) is 11.4 Å². The lowest BCUT2D eigenvalue weighted by Crippen LogP contribution is -2.21. The number of benzene rings is 2. The van der Waals surface area contributed by atoms with Crippen LogP contribution in [-0.2, 0) is 4.79 Å². The van der Waals surface area contributed by atoms with Crippen molar-refractivity contribution in [3.63, 3.8) is 0 Å². The number of carbonyl (C=O) groups is 1. The van der Waals surface area contributed by atoms with Crippen LogP contribution in [-0.4, -0.2) is 17.4 Å². The first-order valence-electron chi connectivity index (χ1n) is 8.06. The summed E-state index contributed by atoms with van der Waals surface area (Å²) in [7, 11) is 0. The molecule has 0 aliphatic carbocycles. The molecule has 0 bridgehead atoms. The minimum atomic E-state index is -0.493. The normalized spacial score (nSPS) is 10.6. The van der Waals surface area contributed by atoms with Gasteiger partial charge in [-0.25, -0.2) is 0 Å². The number of amides is 1. The Labute approximate surface area is 147 Å². The molecule has 0 aromatic heterocycles. The van der Waals surface area contributed by atoms with Crippen LogP contribution in [0.2, 0.25) is 0 Å². The Morgan fingerprint density at radius 3 is 2.56 bits per heavy atom. The van der Waals surface area contributed by atoms with E-state index in [-0.39, 0.29) is 24.1 Å². The highest BCUT2D eigenvalue weighted by Crippen LogP contribution is 2.27. The zero-order valence-electron chi connectivity index (χ0n) is 14.8. The fraction of sp³-hybridized carbons (Fsp3) is 0.316. The van der Waals surface area contributed by atoms with Gasteiger partial charge in [-0.2, -0.15) is 0 Å². The highest BCUT2D eigenvalue weighted by molar-refractivity contribution is 5.93. The van der Waals surface area contributed by atoms with Gasteiger partial charge in [0.2, 0.25) is 0 Å². The number of non-ortho nitro benzene ring substituents is 1. The first-order chi connectivity index (χ1) is 11.8. The highest BCUT2D eigenvalue weighted by Gasteiger charge is 2.13.